The summed E-state index contributed by atoms with van der Waals surface area (Å²) in [7, 11) is 0. The van der Waals surface area contributed by atoms with Gasteiger partial charge in [0, 0.05) is 16.8 Å². The van der Waals surface area contributed by atoms with Crippen LogP contribution < -0.4 is 4.90 Å². The van der Waals surface area contributed by atoms with Crippen molar-refractivity contribution in [2.75, 3.05) is 10.7 Å². The summed E-state index contributed by atoms with van der Waals surface area (Å²) in [6, 6.07) is 15.5. The molecule has 0 radical (unpaired) electrons. The molecule has 0 aliphatic heterocycles. The molecule has 140 valence electrons. The average molecular weight is 401 g/mol. The van der Waals surface area contributed by atoms with E-state index < -0.39 is 0 Å². The summed E-state index contributed by atoms with van der Waals surface area (Å²) in [5.74, 6) is 0.295. The van der Waals surface area contributed by atoms with E-state index in [1.165, 1.54) is 11.8 Å². The molecule has 27 heavy (non-hydrogen) atoms. The van der Waals surface area contributed by atoms with Gasteiger partial charge < -0.3 is 4.90 Å². The lowest BCUT2D eigenvalue weighted by atomic mass is 10.2. The second-order valence-corrected chi connectivity index (χ2v) is 7.75. The number of carbonyl (C=O) groups excluding carboxylic acids is 1. The van der Waals surface area contributed by atoms with Crippen molar-refractivity contribution in [1.29, 1.82) is 0 Å². The lowest BCUT2D eigenvalue weighted by molar-refractivity contribution is -0.116. The first-order chi connectivity index (χ1) is 13.0. The van der Waals surface area contributed by atoms with Crippen LogP contribution in [0.1, 0.15) is 19.4 Å². The Balaban J connectivity index is 1.76. The molecule has 0 fully saturated rings. The molecule has 1 heterocycles. The molecule has 1 amide bonds. The Kier molecular flexibility index (Phi) is 6.19. The molecule has 0 N–H and O–H groups in total. The molecule has 7 heteroatoms. The fourth-order valence-corrected chi connectivity index (χ4v) is 3.71. The molecule has 0 aliphatic rings. The average Bonchev–Trinajstić information content (AvgIpc) is 3.11. The zero-order chi connectivity index (χ0) is 19.4. The fourth-order valence-electron chi connectivity index (χ4n) is 2.75. The maximum Gasteiger partial charge on any atom is 0.237 e. The summed E-state index contributed by atoms with van der Waals surface area (Å²) in [5.41, 5.74) is 2.77. The van der Waals surface area contributed by atoms with E-state index in [2.05, 4.69) is 10.2 Å². The van der Waals surface area contributed by atoms with Gasteiger partial charge in [0.15, 0.2) is 5.16 Å². The van der Waals surface area contributed by atoms with Crippen molar-refractivity contribution in [2.24, 2.45) is 0 Å². The number of hydrogen-bond donors (Lipinski definition) is 0. The number of carbonyl (C=O) groups is 1. The summed E-state index contributed by atoms with van der Waals surface area (Å²) in [5, 5.41) is 9.48. The van der Waals surface area contributed by atoms with E-state index in [0.29, 0.717) is 10.2 Å². The van der Waals surface area contributed by atoms with Crippen molar-refractivity contribution in [3.05, 3.63) is 65.4 Å². The summed E-state index contributed by atoms with van der Waals surface area (Å²) < 4.78 is 1.84. The topological polar surface area (TPSA) is 51.0 Å². The molecule has 3 rings (SSSR count). The molecule has 0 saturated heterocycles. The second-order valence-electron chi connectivity index (χ2n) is 6.40. The summed E-state index contributed by atoms with van der Waals surface area (Å²) in [6.07, 6.45) is 1.63. The molecule has 2 aromatic carbocycles. The van der Waals surface area contributed by atoms with Crippen LogP contribution in [0.5, 0.6) is 0 Å². The Morgan fingerprint density at radius 2 is 1.96 bits per heavy atom. The largest absolute Gasteiger partial charge is 0.309 e. The third-order valence-corrected chi connectivity index (χ3v) is 5.43. The predicted octanol–water partition coefficient (Wildman–Crippen LogP) is 4.76. The first-order valence-corrected chi connectivity index (χ1v) is 10.00. The first-order valence-electron chi connectivity index (χ1n) is 8.64. The van der Waals surface area contributed by atoms with Crippen molar-refractivity contribution in [2.45, 2.75) is 32.0 Å². The normalized spacial score (nSPS) is 11.0. The fraction of sp³-hybridized carbons (Fsp3) is 0.250. The molecular formula is C20H21ClN4OS. The Morgan fingerprint density at radius 3 is 2.63 bits per heavy atom. The van der Waals surface area contributed by atoms with Crippen LogP contribution in [0.3, 0.4) is 0 Å². The van der Waals surface area contributed by atoms with Gasteiger partial charge in [-0.2, -0.15) is 0 Å². The summed E-state index contributed by atoms with van der Waals surface area (Å²) in [6.45, 7) is 5.97. The van der Waals surface area contributed by atoms with E-state index in [4.69, 9.17) is 11.6 Å². The van der Waals surface area contributed by atoms with E-state index in [0.717, 1.165) is 16.9 Å². The highest BCUT2D eigenvalue weighted by atomic mass is 35.5. The van der Waals surface area contributed by atoms with Crippen LogP contribution >= 0.6 is 23.4 Å². The zero-order valence-electron chi connectivity index (χ0n) is 15.5. The molecule has 1 aromatic heterocycles. The number of amides is 1. The van der Waals surface area contributed by atoms with Gasteiger partial charge >= 0.3 is 0 Å². The van der Waals surface area contributed by atoms with Gasteiger partial charge in [0.05, 0.1) is 11.4 Å². The van der Waals surface area contributed by atoms with E-state index in [1.54, 1.807) is 11.2 Å². The van der Waals surface area contributed by atoms with Gasteiger partial charge in [-0.3, -0.25) is 9.36 Å². The minimum absolute atomic E-state index is 0.0256. The van der Waals surface area contributed by atoms with E-state index >= 15 is 0 Å². The van der Waals surface area contributed by atoms with Crippen LogP contribution in [-0.4, -0.2) is 32.5 Å². The molecule has 0 spiro atoms. The molecule has 5 nitrogen and oxygen atoms in total. The van der Waals surface area contributed by atoms with E-state index in [9.17, 15) is 4.79 Å². The van der Waals surface area contributed by atoms with Crippen molar-refractivity contribution < 1.29 is 4.79 Å². The third kappa shape index (κ3) is 4.51. The van der Waals surface area contributed by atoms with Crippen molar-refractivity contribution >= 4 is 35.0 Å². The number of halogens is 1. The van der Waals surface area contributed by atoms with Gasteiger partial charge in [-0.15, -0.1) is 10.2 Å². The van der Waals surface area contributed by atoms with Crippen LogP contribution in [0.25, 0.3) is 5.69 Å². The minimum atomic E-state index is 0.0256. The van der Waals surface area contributed by atoms with Crippen molar-refractivity contribution in [3.63, 3.8) is 0 Å². The van der Waals surface area contributed by atoms with Crippen molar-refractivity contribution in [1.82, 2.24) is 14.8 Å². The maximum atomic E-state index is 12.9. The molecule has 3 aromatic rings. The predicted molar refractivity (Wildman–Crippen MR) is 111 cm³/mol. The molecule has 0 bridgehead atoms. The SMILES string of the molecule is Cc1ccc(-n2cnnc2SCC(=O)N(c2ccccc2)C(C)C)cc1Cl. The van der Waals surface area contributed by atoms with Gasteiger partial charge in [-0.05, 0) is 50.6 Å². The quantitative estimate of drug-likeness (QED) is 0.559. The lowest BCUT2D eigenvalue weighted by Gasteiger charge is -2.26. The molecular weight excluding hydrogens is 380 g/mol. The van der Waals surface area contributed by atoms with Gasteiger partial charge in [0.1, 0.15) is 6.33 Å². The Morgan fingerprint density at radius 1 is 1.22 bits per heavy atom. The Hall–Kier alpha value is -2.31. The molecule has 0 atom stereocenters. The van der Waals surface area contributed by atoms with Crippen molar-refractivity contribution in [3.8, 4) is 5.69 Å². The highest BCUT2D eigenvalue weighted by Gasteiger charge is 2.20. The summed E-state index contributed by atoms with van der Waals surface area (Å²) >= 11 is 7.60. The third-order valence-electron chi connectivity index (χ3n) is 4.09. The smallest absolute Gasteiger partial charge is 0.237 e. The van der Waals surface area contributed by atoms with Gasteiger partial charge in [0.2, 0.25) is 5.91 Å². The van der Waals surface area contributed by atoms with E-state index in [-0.39, 0.29) is 17.7 Å². The monoisotopic (exact) mass is 400 g/mol. The van der Waals surface area contributed by atoms with Gasteiger partial charge in [0.25, 0.3) is 0 Å². The van der Waals surface area contributed by atoms with E-state index in [1.807, 2.05) is 73.9 Å². The number of aryl methyl sites for hydroxylation is 1. The molecule has 0 saturated carbocycles. The molecule has 0 unspecified atom stereocenters. The number of para-hydroxylation sites is 1. The lowest BCUT2D eigenvalue weighted by Crippen LogP contribution is -2.38. The van der Waals surface area contributed by atoms with Crippen LogP contribution in [-0.2, 0) is 4.79 Å². The summed E-state index contributed by atoms with van der Waals surface area (Å²) in [4.78, 5) is 14.7. The highest BCUT2D eigenvalue weighted by molar-refractivity contribution is 7.99. The van der Waals surface area contributed by atoms with Crippen LogP contribution in [0.2, 0.25) is 5.02 Å². The van der Waals surface area contributed by atoms with Crippen LogP contribution in [0.4, 0.5) is 5.69 Å². The first kappa shape index (κ1) is 19.5. The molecule has 0 aliphatic carbocycles. The minimum Gasteiger partial charge on any atom is -0.309 e. The van der Waals surface area contributed by atoms with Gasteiger partial charge in [-0.25, -0.2) is 0 Å². The number of hydrogen-bond acceptors (Lipinski definition) is 4. The number of benzene rings is 2. The number of nitrogens with zero attached hydrogens (tertiary/aromatic N) is 4. The number of anilines is 1. The number of thioether (sulfide) groups is 1. The zero-order valence-corrected chi connectivity index (χ0v) is 17.0. The maximum absolute atomic E-state index is 12.9. The standard InChI is InChI=1S/C20H21ClN4OS/c1-14(2)25(16-7-5-4-6-8-16)19(26)12-27-20-23-22-13-24(20)17-10-9-15(3)18(21)11-17/h4-11,13-14H,12H2,1-3H3. The van der Waals surface area contributed by atoms with Gasteiger partial charge in [-0.1, -0.05) is 47.6 Å². The highest BCUT2D eigenvalue weighted by Crippen LogP contribution is 2.25. The van der Waals surface area contributed by atoms with Crippen LogP contribution in [0, 0.1) is 6.92 Å². The number of aromatic nitrogens is 3. The van der Waals surface area contributed by atoms with Crippen LogP contribution in [0.15, 0.2) is 60.0 Å². The Labute approximate surface area is 168 Å². The number of rotatable bonds is 6. The Bertz CT molecular complexity index is 927. The second kappa shape index (κ2) is 8.59.